The van der Waals surface area contributed by atoms with Crippen molar-refractivity contribution in [1.29, 1.82) is 0 Å². The third-order valence-electron chi connectivity index (χ3n) is 8.30. The lowest BCUT2D eigenvalue weighted by atomic mass is 9.97. The fraction of sp³-hybridized carbons (Fsp3) is 0.306. The maximum Gasteiger partial charge on any atom is 0.258 e. The van der Waals surface area contributed by atoms with Crippen LogP contribution in [0.5, 0.6) is 17.2 Å². The van der Waals surface area contributed by atoms with Crippen LogP contribution in [0.3, 0.4) is 0 Å². The molecular formula is C36H38N4O5. The molecule has 1 aromatic heterocycles. The quantitative estimate of drug-likeness (QED) is 0.353. The van der Waals surface area contributed by atoms with Gasteiger partial charge in [-0.25, -0.2) is 0 Å². The number of carbonyl (C=O) groups excluding carboxylic acids is 2. The van der Waals surface area contributed by atoms with Crippen LogP contribution in [0.1, 0.15) is 32.9 Å². The molecule has 2 atom stereocenters. The van der Waals surface area contributed by atoms with Gasteiger partial charge in [-0.3, -0.25) is 19.5 Å². The molecule has 0 saturated carbocycles. The molecule has 45 heavy (non-hydrogen) atoms. The number of hydrogen-bond donors (Lipinski definition) is 2. The minimum Gasteiger partial charge on any atom is -0.493 e. The number of amides is 2. The van der Waals surface area contributed by atoms with Crippen LogP contribution < -0.4 is 24.8 Å². The van der Waals surface area contributed by atoms with Gasteiger partial charge >= 0.3 is 0 Å². The van der Waals surface area contributed by atoms with Crippen LogP contribution in [0.4, 0.5) is 0 Å². The van der Waals surface area contributed by atoms with Gasteiger partial charge < -0.3 is 24.8 Å². The van der Waals surface area contributed by atoms with Gasteiger partial charge in [0.05, 0.1) is 13.2 Å². The van der Waals surface area contributed by atoms with Crippen LogP contribution in [0.15, 0.2) is 78.9 Å². The summed E-state index contributed by atoms with van der Waals surface area (Å²) in [6.07, 6.45) is 0.478. The third-order valence-corrected chi connectivity index (χ3v) is 8.30. The molecule has 9 nitrogen and oxygen atoms in total. The second kappa shape index (κ2) is 13.4. The molecule has 4 aromatic rings. The van der Waals surface area contributed by atoms with Crippen LogP contribution in [-0.2, 0) is 17.8 Å². The molecule has 1 fully saturated rings. The Kier molecular flexibility index (Phi) is 8.98. The Labute approximate surface area is 263 Å². The van der Waals surface area contributed by atoms with Crippen LogP contribution in [-0.4, -0.2) is 67.2 Å². The Morgan fingerprint density at radius 3 is 2.67 bits per heavy atom. The van der Waals surface area contributed by atoms with E-state index >= 15 is 0 Å². The first kappa shape index (κ1) is 30.1. The van der Waals surface area contributed by atoms with Crippen LogP contribution in [0, 0.1) is 13.8 Å². The minimum absolute atomic E-state index is 0.122. The summed E-state index contributed by atoms with van der Waals surface area (Å²) in [7, 11) is 1.59. The molecule has 2 N–H and O–H groups in total. The first-order valence-electron chi connectivity index (χ1n) is 15.2. The van der Waals surface area contributed by atoms with E-state index in [1.54, 1.807) is 7.11 Å². The standard InChI is InChI=1S/C36H38N4O5/c1-23-10-12-27-18-30(23)26-7-5-9-29(17-26)44-22-35(41)37-19-25-11-13-32(33(16-25)43-3)45-34-21-40(20-31(34)39-36(27)42)15-14-28-8-4-6-24(2)38-28/h4-13,16-18,31,34H,14-15,19-22H2,1-3H3,(H,37,41)(H,39,42)/t31-,34-/m0/s1. The number of aryl methyl sites for hydroxylation is 2. The molecule has 6 bridgehead atoms. The summed E-state index contributed by atoms with van der Waals surface area (Å²) in [4.78, 5) is 33.3. The fourth-order valence-corrected chi connectivity index (χ4v) is 5.87. The zero-order valence-electron chi connectivity index (χ0n) is 25.8. The molecule has 0 spiro atoms. The average molecular weight is 607 g/mol. The SMILES string of the molecule is COc1cc2ccc1O[C@H]1CN(CCc3cccc(C)n3)C[C@@H]1NC(=O)c1ccc(C)c(c1)-c1cccc(c1)OCC(=O)NC2. The summed E-state index contributed by atoms with van der Waals surface area (Å²) >= 11 is 0. The van der Waals surface area contributed by atoms with E-state index in [9.17, 15) is 9.59 Å². The Morgan fingerprint density at radius 1 is 0.956 bits per heavy atom. The number of fused-ring (bicyclic) bond motifs is 7. The highest BCUT2D eigenvalue weighted by Gasteiger charge is 2.36. The molecule has 7 rings (SSSR count). The molecule has 3 aliphatic rings. The van der Waals surface area contributed by atoms with Crippen molar-refractivity contribution in [2.75, 3.05) is 33.4 Å². The predicted molar refractivity (Wildman–Crippen MR) is 172 cm³/mol. The average Bonchev–Trinajstić information content (AvgIpc) is 3.42. The molecule has 3 aromatic carbocycles. The minimum atomic E-state index is -0.316. The number of methoxy groups -OCH3 is 1. The largest absolute Gasteiger partial charge is 0.493 e. The maximum atomic E-state index is 13.7. The van der Waals surface area contributed by atoms with Crippen molar-refractivity contribution in [3.63, 3.8) is 0 Å². The highest BCUT2D eigenvalue weighted by atomic mass is 16.5. The van der Waals surface area contributed by atoms with E-state index in [4.69, 9.17) is 14.2 Å². The van der Waals surface area contributed by atoms with Crippen molar-refractivity contribution in [2.24, 2.45) is 0 Å². The lowest BCUT2D eigenvalue weighted by Crippen LogP contribution is -2.45. The molecule has 232 valence electrons. The second-order valence-corrected chi connectivity index (χ2v) is 11.6. The summed E-state index contributed by atoms with van der Waals surface area (Å²) in [6, 6.07) is 24.7. The zero-order chi connectivity index (χ0) is 31.3. The van der Waals surface area contributed by atoms with E-state index < -0.39 is 0 Å². The normalized spacial score (nSPS) is 18.6. The number of aromatic nitrogens is 1. The number of benzene rings is 3. The lowest BCUT2D eigenvalue weighted by molar-refractivity contribution is -0.123. The van der Waals surface area contributed by atoms with E-state index in [0.29, 0.717) is 42.4 Å². The summed E-state index contributed by atoms with van der Waals surface area (Å²) in [5.74, 6) is 1.30. The third kappa shape index (κ3) is 7.26. The molecule has 3 aliphatic heterocycles. The Hall–Kier alpha value is -4.89. The number of nitrogens with one attached hydrogen (secondary N) is 2. The highest BCUT2D eigenvalue weighted by molar-refractivity contribution is 5.96. The van der Waals surface area contributed by atoms with Crippen molar-refractivity contribution >= 4 is 11.8 Å². The van der Waals surface area contributed by atoms with Gasteiger partial charge in [-0.15, -0.1) is 0 Å². The number of likely N-dealkylation sites (tertiary alicyclic amines) is 1. The number of rotatable bonds is 4. The van der Waals surface area contributed by atoms with Gasteiger partial charge in [-0.2, -0.15) is 0 Å². The Bertz CT molecular complexity index is 1710. The Morgan fingerprint density at radius 2 is 1.82 bits per heavy atom. The first-order chi connectivity index (χ1) is 21.8. The summed E-state index contributed by atoms with van der Waals surface area (Å²) in [5.41, 5.74) is 6.29. The van der Waals surface area contributed by atoms with E-state index in [1.807, 2.05) is 92.7 Å². The summed E-state index contributed by atoms with van der Waals surface area (Å²) < 4.78 is 18.1. The van der Waals surface area contributed by atoms with E-state index in [-0.39, 0.29) is 30.6 Å². The van der Waals surface area contributed by atoms with E-state index in [0.717, 1.165) is 46.6 Å². The number of hydrogen-bond acceptors (Lipinski definition) is 7. The van der Waals surface area contributed by atoms with Gasteiger partial charge in [-0.1, -0.05) is 30.3 Å². The van der Waals surface area contributed by atoms with Gasteiger partial charge in [0.1, 0.15) is 11.9 Å². The van der Waals surface area contributed by atoms with Gasteiger partial charge in [0.2, 0.25) is 0 Å². The van der Waals surface area contributed by atoms with E-state index in [2.05, 4.69) is 20.5 Å². The van der Waals surface area contributed by atoms with Crippen molar-refractivity contribution in [3.05, 3.63) is 107 Å². The zero-order valence-corrected chi connectivity index (χ0v) is 25.8. The van der Waals surface area contributed by atoms with Crippen molar-refractivity contribution in [3.8, 4) is 28.4 Å². The molecule has 0 radical (unpaired) electrons. The second-order valence-electron chi connectivity index (χ2n) is 11.6. The number of carbonyl (C=O) groups is 2. The van der Waals surface area contributed by atoms with Gasteiger partial charge in [0.25, 0.3) is 11.8 Å². The molecule has 4 heterocycles. The van der Waals surface area contributed by atoms with Crippen molar-refractivity contribution < 1.29 is 23.8 Å². The number of nitrogens with zero attached hydrogens (tertiary/aromatic N) is 2. The number of ether oxygens (including phenoxy) is 3. The van der Waals surface area contributed by atoms with E-state index in [1.165, 1.54) is 0 Å². The van der Waals surface area contributed by atoms with Crippen LogP contribution >= 0.6 is 0 Å². The highest BCUT2D eigenvalue weighted by Crippen LogP contribution is 2.32. The molecular weight excluding hydrogens is 568 g/mol. The maximum absolute atomic E-state index is 13.7. The van der Waals surface area contributed by atoms with Gasteiger partial charge in [-0.05, 0) is 84.6 Å². The Balaban J connectivity index is 1.31. The first-order valence-corrected chi connectivity index (χ1v) is 15.2. The fourth-order valence-electron chi connectivity index (χ4n) is 5.87. The summed E-state index contributed by atoms with van der Waals surface area (Å²) in [6.45, 7) is 6.24. The molecule has 0 unspecified atom stereocenters. The number of pyridine rings is 1. The molecule has 1 saturated heterocycles. The lowest BCUT2D eigenvalue weighted by Gasteiger charge is -2.23. The van der Waals surface area contributed by atoms with Crippen molar-refractivity contribution in [1.82, 2.24) is 20.5 Å². The van der Waals surface area contributed by atoms with Gasteiger partial charge in [0, 0.05) is 49.6 Å². The molecule has 9 heteroatoms. The van der Waals surface area contributed by atoms with Crippen LogP contribution in [0.25, 0.3) is 11.1 Å². The smallest absolute Gasteiger partial charge is 0.258 e. The molecule has 2 amide bonds. The molecule has 0 aliphatic carbocycles. The predicted octanol–water partition coefficient (Wildman–Crippen LogP) is 4.49. The summed E-state index contributed by atoms with van der Waals surface area (Å²) in [5, 5.41) is 6.19. The van der Waals surface area contributed by atoms with Crippen molar-refractivity contribution in [2.45, 2.75) is 39.0 Å². The van der Waals surface area contributed by atoms with Gasteiger partial charge in [0.15, 0.2) is 18.1 Å². The topological polar surface area (TPSA) is 102 Å². The monoisotopic (exact) mass is 606 g/mol. The van der Waals surface area contributed by atoms with Crippen LogP contribution in [0.2, 0.25) is 0 Å².